The van der Waals surface area contributed by atoms with Gasteiger partial charge in [0.25, 0.3) is 0 Å². The highest BCUT2D eigenvalue weighted by Crippen LogP contribution is 2.22. The Bertz CT molecular complexity index is 379. The number of rotatable bonds is 4. The minimum atomic E-state index is 0.614. The molecule has 2 N–H and O–H groups in total. The molecule has 1 aliphatic heterocycles. The van der Waals surface area contributed by atoms with Crippen molar-refractivity contribution < 1.29 is 0 Å². The fraction of sp³-hybridized carbons (Fsp3) is 0.625. The van der Waals surface area contributed by atoms with Gasteiger partial charge in [-0.1, -0.05) is 19.9 Å². The molecule has 0 amide bonds. The van der Waals surface area contributed by atoms with Gasteiger partial charge in [-0.2, -0.15) is 0 Å². The minimum Gasteiger partial charge on any atom is -0.385 e. The normalized spacial score (nSPS) is 17.1. The monoisotopic (exact) mass is 246 g/mol. The fourth-order valence-electron chi connectivity index (χ4n) is 2.78. The van der Waals surface area contributed by atoms with E-state index in [0.717, 1.165) is 12.5 Å². The van der Waals surface area contributed by atoms with Crippen molar-refractivity contribution in [2.75, 3.05) is 25.0 Å². The molecule has 0 aliphatic carbocycles. The molecule has 0 spiro atoms. The van der Waals surface area contributed by atoms with Crippen molar-refractivity contribution in [2.24, 2.45) is 5.92 Å². The van der Waals surface area contributed by atoms with E-state index in [1.54, 1.807) is 0 Å². The highest BCUT2D eigenvalue weighted by Gasteiger charge is 2.12. The van der Waals surface area contributed by atoms with Crippen molar-refractivity contribution in [2.45, 2.75) is 39.5 Å². The van der Waals surface area contributed by atoms with Crippen LogP contribution in [0.4, 0.5) is 5.69 Å². The van der Waals surface area contributed by atoms with E-state index < -0.39 is 0 Å². The average Bonchev–Trinajstić information content (AvgIpc) is 2.37. The van der Waals surface area contributed by atoms with E-state index >= 15 is 0 Å². The van der Waals surface area contributed by atoms with Crippen molar-refractivity contribution in [1.29, 1.82) is 0 Å². The minimum absolute atomic E-state index is 0.614. The van der Waals surface area contributed by atoms with Gasteiger partial charge in [0.15, 0.2) is 0 Å². The molecular formula is C16H26N2. The molecule has 0 radical (unpaired) electrons. The Morgan fingerprint density at radius 3 is 2.61 bits per heavy atom. The average molecular weight is 246 g/mol. The lowest BCUT2D eigenvalue weighted by Gasteiger charge is -2.23. The Morgan fingerprint density at radius 2 is 2.00 bits per heavy atom. The highest BCUT2D eigenvalue weighted by atomic mass is 14.9. The first kappa shape index (κ1) is 13.4. The molecule has 2 nitrogen and oxygen atoms in total. The van der Waals surface area contributed by atoms with Gasteiger partial charge >= 0.3 is 0 Å². The number of hydrogen-bond donors (Lipinski definition) is 2. The third-order valence-electron chi connectivity index (χ3n) is 3.95. The van der Waals surface area contributed by atoms with Gasteiger partial charge in [-0.25, -0.2) is 0 Å². The second-order valence-electron chi connectivity index (χ2n) is 5.80. The number of anilines is 1. The van der Waals surface area contributed by atoms with Crippen LogP contribution in [0.3, 0.4) is 0 Å². The van der Waals surface area contributed by atoms with Crippen molar-refractivity contribution in [3.05, 3.63) is 29.3 Å². The molecule has 0 aromatic heterocycles. The van der Waals surface area contributed by atoms with Crippen LogP contribution in [0.1, 0.15) is 43.7 Å². The third kappa shape index (κ3) is 3.49. The van der Waals surface area contributed by atoms with E-state index in [1.807, 2.05) is 0 Å². The van der Waals surface area contributed by atoms with Gasteiger partial charge in [-0.05, 0) is 68.0 Å². The molecule has 1 saturated heterocycles. The predicted octanol–water partition coefficient (Wildman–Crippen LogP) is 3.53. The SMILES string of the molecule is Cc1cc(NCC2CCNCC2)ccc1C(C)C. The molecule has 1 fully saturated rings. The largest absolute Gasteiger partial charge is 0.385 e. The Hall–Kier alpha value is -1.02. The molecule has 18 heavy (non-hydrogen) atoms. The first-order chi connectivity index (χ1) is 8.66. The van der Waals surface area contributed by atoms with Crippen LogP contribution in [0.5, 0.6) is 0 Å². The Labute approximate surface area is 111 Å². The van der Waals surface area contributed by atoms with Crippen LogP contribution < -0.4 is 10.6 Å². The predicted molar refractivity (Wildman–Crippen MR) is 79.4 cm³/mol. The summed E-state index contributed by atoms with van der Waals surface area (Å²) in [6, 6.07) is 6.78. The van der Waals surface area contributed by atoms with Gasteiger partial charge in [0.2, 0.25) is 0 Å². The van der Waals surface area contributed by atoms with Gasteiger partial charge in [0.05, 0.1) is 0 Å². The van der Waals surface area contributed by atoms with Gasteiger partial charge in [0.1, 0.15) is 0 Å². The van der Waals surface area contributed by atoms with Gasteiger partial charge in [-0.3, -0.25) is 0 Å². The van der Waals surface area contributed by atoms with Crippen LogP contribution in [0.15, 0.2) is 18.2 Å². The molecule has 2 heteroatoms. The third-order valence-corrected chi connectivity index (χ3v) is 3.95. The smallest absolute Gasteiger partial charge is 0.0343 e. The maximum Gasteiger partial charge on any atom is 0.0343 e. The summed E-state index contributed by atoms with van der Waals surface area (Å²) in [6.45, 7) is 10.2. The molecule has 0 bridgehead atoms. The summed E-state index contributed by atoms with van der Waals surface area (Å²) < 4.78 is 0. The Morgan fingerprint density at radius 1 is 1.28 bits per heavy atom. The van der Waals surface area contributed by atoms with E-state index in [1.165, 1.54) is 42.7 Å². The number of nitrogens with one attached hydrogen (secondary N) is 2. The zero-order valence-corrected chi connectivity index (χ0v) is 11.9. The van der Waals surface area contributed by atoms with E-state index in [0.29, 0.717) is 5.92 Å². The second kappa shape index (κ2) is 6.24. The number of benzene rings is 1. The first-order valence-corrected chi connectivity index (χ1v) is 7.22. The lowest BCUT2D eigenvalue weighted by Crippen LogP contribution is -2.31. The zero-order valence-electron chi connectivity index (χ0n) is 11.9. The molecular weight excluding hydrogens is 220 g/mol. The van der Waals surface area contributed by atoms with Crippen LogP contribution in [0, 0.1) is 12.8 Å². The second-order valence-corrected chi connectivity index (χ2v) is 5.80. The molecule has 1 heterocycles. The lowest BCUT2D eigenvalue weighted by molar-refractivity contribution is 0.390. The van der Waals surface area contributed by atoms with Crippen LogP contribution >= 0.6 is 0 Å². The van der Waals surface area contributed by atoms with Crippen LogP contribution in [0.25, 0.3) is 0 Å². The molecule has 1 aromatic rings. The first-order valence-electron chi connectivity index (χ1n) is 7.22. The van der Waals surface area contributed by atoms with E-state index in [2.05, 4.69) is 49.6 Å². The van der Waals surface area contributed by atoms with Crippen molar-refractivity contribution in [3.63, 3.8) is 0 Å². The van der Waals surface area contributed by atoms with E-state index in [9.17, 15) is 0 Å². The highest BCUT2D eigenvalue weighted by molar-refractivity contribution is 5.49. The summed E-state index contributed by atoms with van der Waals surface area (Å²) in [6.07, 6.45) is 2.60. The quantitative estimate of drug-likeness (QED) is 0.849. The maximum absolute atomic E-state index is 3.59. The van der Waals surface area contributed by atoms with E-state index in [4.69, 9.17) is 0 Å². The number of aryl methyl sites for hydroxylation is 1. The Kier molecular flexibility index (Phi) is 4.65. The van der Waals surface area contributed by atoms with Crippen molar-refractivity contribution in [3.8, 4) is 0 Å². The summed E-state index contributed by atoms with van der Waals surface area (Å²) in [4.78, 5) is 0. The van der Waals surface area contributed by atoms with Gasteiger partial charge < -0.3 is 10.6 Å². The summed E-state index contributed by atoms with van der Waals surface area (Å²) in [7, 11) is 0. The molecule has 0 atom stereocenters. The van der Waals surface area contributed by atoms with Crippen molar-refractivity contribution >= 4 is 5.69 Å². The lowest BCUT2D eigenvalue weighted by atomic mass is 9.96. The standard InChI is InChI=1S/C16H26N2/c1-12(2)16-5-4-15(10-13(16)3)18-11-14-6-8-17-9-7-14/h4-5,10,12,14,17-18H,6-9,11H2,1-3H3. The van der Waals surface area contributed by atoms with Crippen LogP contribution in [0.2, 0.25) is 0 Å². The summed E-state index contributed by atoms with van der Waals surface area (Å²) in [5.41, 5.74) is 4.14. The summed E-state index contributed by atoms with van der Waals surface area (Å²) in [5, 5.41) is 7.01. The summed E-state index contributed by atoms with van der Waals surface area (Å²) in [5.74, 6) is 1.44. The zero-order chi connectivity index (χ0) is 13.0. The van der Waals surface area contributed by atoms with Crippen LogP contribution in [-0.2, 0) is 0 Å². The summed E-state index contributed by atoms with van der Waals surface area (Å²) >= 11 is 0. The topological polar surface area (TPSA) is 24.1 Å². The van der Waals surface area contributed by atoms with E-state index in [-0.39, 0.29) is 0 Å². The molecule has 0 saturated carbocycles. The van der Waals surface area contributed by atoms with Gasteiger partial charge in [0, 0.05) is 12.2 Å². The number of hydrogen-bond acceptors (Lipinski definition) is 2. The number of piperidine rings is 1. The molecule has 0 unspecified atom stereocenters. The molecule has 1 aromatic carbocycles. The van der Waals surface area contributed by atoms with Gasteiger partial charge in [-0.15, -0.1) is 0 Å². The maximum atomic E-state index is 3.59. The molecule has 1 aliphatic rings. The van der Waals surface area contributed by atoms with Crippen LogP contribution in [-0.4, -0.2) is 19.6 Å². The van der Waals surface area contributed by atoms with Crippen molar-refractivity contribution in [1.82, 2.24) is 5.32 Å². The fourth-order valence-corrected chi connectivity index (χ4v) is 2.78. The Balaban J connectivity index is 1.91. The molecule has 100 valence electrons. The molecule has 2 rings (SSSR count).